The summed E-state index contributed by atoms with van der Waals surface area (Å²) in [6.07, 6.45) is -2.23. The third kappa shape index (κ3) is 4.93. The summed E-state index contributed by atoms with van der Waals surface area (Å²) in [5.41, 5.74) is 6.01. The number of benzene rings is 1. The van der Waals surface area contributed by atoms with Crippen molar-refractivity contribution in [3.63, 3.8) is 0 Å². The van der Waals surface area contributed by atoms with Gasteiger partial charge in [0.1, 0.15) is 12.4 Å². The van der Waals surface area contributed by atoms with E-state index in [1.807, 2.05) is 0 Å². The van der Waals surface area contributed by atoms with Gasteiger partial charge in [0.2, 0.25) is 0 Å². The Labute approximate surface area is 103 Å². The molecule has 0 aliphatic carbocycles. The van der Waals surface area contributed by atoms with E-state index in [-0.39, 0.29) is 18.1 Å². The minimum atomic E-state index is -2.50. The van der Waals surface area contributed by atoms with E-state index in [9.17, 15) is 13.2 Å². The quantitative estimate of drug-likeness (QED) is 0.804. The molecule has 0 bridgehead atoms. The normalized spacial score (nSPS) is 13.1. The average Bonchev–Trinajstić information content (AvgIpc) is 2.23. The molecule has 0 heterocycles. The van der Waals surface area contributed by atoms with Gasteiger partial charge in [0.05, 0.1) is 0 Å². The van der Waals surface area contributed by atoms with E-state index in [1.54, 1.807) is 0 Å². The Bertz CT molecular complexity index is 363. The molecular formula is C11H13ClF3NO. The first-order valence-electron chi connectivity index (χ1n) is 5.07. The third-order valence-electron chi connectivity index (χ3n) is 2.18. The van der Waals surface area contributed by atoms with Crippen LogP contribution in [-0.2, 0) is 4.74 Å². The highest BCUT2D eigenvalue weighted by Gasteiger charge is 2.12. The Hall–Kier alpha value is -0.780. The summed E-state index contributed by atoms with van der Waals surface area (Å²) in [4.78, 5) is 0. The topological polar surface area (TPSA) is 35.2 Å². The molecule has 17 heavy (non-hydrogen) atoms. The molecule has 0 fully saturated rings. The van der Waals surface area contributed by atoms with Gasteiger partial charge in [-0.05, 0) is 18.6 Å². The van der Waals surface area contributed by atoms with Gasteiger partial charge in [-0.2, -0.15) is 0 Å². The fraction of sp³-hybridized carbons (Fsp3) is 0.455. The van der Waals surface area contributed by atoms with Crippen molar-refractivity contribution in [3.05, 3.63) is 34.6 Å². The monoisotopic (exact) mass is 267 g/mol. The van der Waals surface area contributed by atoms with Gasteiger partial charge in [-0.25, -0.2) is 13.2 Å². The van der Waals surface area contributed by atoms with Gasteiger partial charge in [0, 0.05) is 23.2 Å². The summed E-state index contributed by atoms with van der Waals surface area (Å²) in [5.74, 6) is -0.501. The molecule has 2 N–H and O–H groups in total. The molecule has 6 heteroatoms. The van der Waals surface area contributed by atoms with Crippen LogP contribution in [-0.4, -0.2) is 19.6 Å². The summed E-state index contributed by atoms with van der Waals surface area (Å²) in [7, 11) is 0. The standard InChI is InChI=1S/C11H13ClF3NO/c12-7-1-2-8(9(13)5-7)10(16)3-4-17-6-11(14)15/h1-2,5,10-11H,3-4,6,16H2. The maximum Gasteiger partial charge on any atom is 0.261 e. The van der Waals surface area contributed by atoms with Crippen molar-refractivity contribution in [2.45, 2.75) is 18.9 Å². The number of halogens is 4. The molecule has 1 rings (SSSR count). The lowest BCUT2D eigenvalue weighted by Crippen LogP contribution is -2.16. The summed E-state index contributed by atoms with van der Waals surface area (Å²) < 4.78 is 41.6. The molecular weight excluding hydrogens is 255 g/mol. The molecule has 0 saturated carbocycles. The number of hydrogen-bond acceptors (Lipinski definition) is 2. The van der Waals surface area contributed by atoms with Gasteiger partial charge >= 0.3 is 0 Å². The molecule has 2 nitrogen and oxygen atoms in total. The Morgan fingerprint density at radius 1 is 1.35 bits per heavy atom. The number of alkyl halides is 2. The lowest BCUT2D eigenvalue weighted by atomic mass is 10.0. The second-order valence-corrected chi connectivity index (χ2v) is 3.96. The van der Waals surface area contributed by atoms with Crippen LogP contribution < -0.4 is 5.73 Å². The van der Waals surface area contributed by atoms with Gasteiger partial charge in [0.15, 0.2) is 0 Å². The molecule has 0 spiro atoms. The molecule has 0 saturated heterocycles. The Morgan fingerprint density at radius 3 is 2.65 bits per heavy atom. The molecule has 0 aliphatic rings. The van der Waals surface area contributed by atoms with E-state index >= 15 is 0 Å². The highest BCUT2D eigenvalue weighted by molar-refractivity contribution is 6.30. The molecule has 1 atom stereocenters. The van der Waals surface area contributed by atoms with Crippen molar-refractivity contribution in [2.75, 3.05) is 13.2 Å². The zero-order valence-corrected chi connectivity index (χ0v) is 9.76. The lowest BCUT2D eigenvalue weighted by molar-refractivity contribution is 0.0151. The van der Waals surface area contributed by atoms with Crippen molar-refractivity contribution in [1.82, 2.24) is 0 Å². The van der Waals surface area contributed by atoms with E-state index in [4.69, 9.17) is 17.3 Å². The van der Waals surface area contributed by atoms with Crippen LogP contribution >= 0.6 is 11.6 Å². The van der Waals surface area contributed by atoms with Crippen LogP contribution in [0.25, 0.3) is 0 Å². The Kier molecular flexibility index (Phi) is 5.74. The predicted molar refractivity (Wildman–Crippen MR) is 59.8 cm³/mol. The first-order chi connectivity index (χ1) is 8.00. The summed E-state index contributed by atoms with van der Waals surface area (Å²) in [5, 5.41) is 0.285. The van der Waals surface area contributed by atoms with Crippen molar-refractivity contribution >= 4 is 11.6 Å². The molecule has 0 amide bonds. The van der Waals surface area contributed by atoms with Crippen LogP contribution in [0.15, 0.2) is 18.2 Å². The van der Waals surface area contributed by atoms with Crippen LogP contribution in [0.5, 0.6) is 0 Å². The predicted octanol–water partition coefficient (Wildman–Crippen LogP) is 3.15. The molecule has 1 unspecified atom stereocenters. The fourth-order valence-electron chi connectivity index (χ4n) is 1.34. The van der Waals surface area contributed by atoms with Crippen LogP contribution in [0.2, 0.25) is 5.02 Å². The van der Waals surface area contributed by atoms with Gasteiger partial charge in [-0.3, -0.25) is 0 Å². The Morgan fingerprint density at radius 2 is 2.06 bits per heavy atom. The smallest absolute Gasteiger partial charge is 0.261 e. The number of ether oxygens (including phenoxy) is 1. The van der Waals surface area contributed by atoms with Gasteiger partial charge in [-0.15, -0.1) is 0 Å². The van der Waals surface area contributed by atoms with E-state index in [1.165, 1.54) is 12.1 Å². The van der Waals surface area contributed by atoms with Crippen LogP contribution in [0, 0.1) is 5.82 Å². The molecule has 1 aromatic rings. The molecule has 0 aromatic heterocycles. The summed E-state index contributed by atoms with van der Waals surface area (Å²) in [6, 6.07) is 3.58. The van der Waals surface area contributed by atoms with Crippen molar-refractivity contribution in [1.29, 1.82) is 0 Å². The highest BCUT2D eigenvalue weighted by Crippen LogP contribution is 2.21. The number of nitrogens with two attached hydrogens (primary N) is 1. The van der Waals surface area contributed by atoms with E-state index in [0.717, 1.165) is 6.07 Å². The summed E-state index contributed by atoms with van der Waals surface area (Å²) >= 11 is 5.59. The second kappa shape index (κ2) is 6.83. The van der Waals surface area contributed by atoms with Gasteiger partial charge in [0.25, 0.3) is 6.43 Å². The van der Waals surface area contributed by atoms with Crippen LogP contribution in [0.1, 0.15) is 18.0 Å². The molecule has 1 aromatic carbocycles. The minimum Gasteiger partial charge on any atom is -0.375 e. The largest absolute Gasteiger partial charge is 0.375 e. The fourth-order valence-corrected chi connectivity index (χ4v) is 1.50. The maximum absolute atomic E-state index is 13.4. The minimum absolute atomic E-state index is 0.0631. The van der Waals surface area contributed by atoms with Crippen LogP contribution in [0.3, 0.4) is 0 Å². The average molecular weight is 268 g/mol. The second-order valence-electron chi connectivity index (χ2n) is 3.53. The van der Waals surface area contributed by atoms with Crippen molar-refractivity contribution in [3.8, 4) is 0 Å². The lowest BCUT2D eigenvalue weighted by Gasteiger charge is -2.13. The van der Waals surface area contributed by atoms with Crippen molar-refractivity contribution < 1.29 is 17.9 Å². The van der Waals surface area contributed by atoms with Crippen LogP contribution in [0.4, 0.5) is 13.2 Å². The number of hydrogen-bond donors (Lipinski definition) is 1. The highest BCUT2D eigenvalue weighted by atomic mass is 35.5. The number of rotatable bonds is 6. The molecule has 96 valence electrons. The first kappa shape index (κ1) is 14.3. The first-order valence-corrected chi connectivity index (χ1v) is 5.45. The third-order valence-corrected chi connectivity index (χ3v) is 2.41. The van der Waals surface area contributed by atoms with E-state index < -0.39 is 24.9 Å². The SMILES string of the molecule is NC(CCOCC(F)F)c1ccc(Cl)cc1F. The maximum atomic E-state index is 13.4. The summed E-state index contributed by atoms with van der Waals surface area (Å²) in [6.45, 7) is -0.566. The van der Waals surface area contributed by atoms with E-state index in [0.29, 0.717) is 5.56 Å². The molecule has 0 aliphatic heterocycles. The van der Waals surface area contributed by atoms with Gasteiger partial charge < -0.3 is 10.5 Å². The zero-order chi connectivity index (χ0) is 12.8. The molecule has 0 radical (unpaired) electrons. The van der Waals surface area contributed by atoms with E-state index in [2.05, 4.69) is 4.74 Å². The van der Waals surface area contributed by atoms with Crippen molar-refractivity contribution in [2.24, 2.45) is 5.73 Å². The Balaban J connectivity index is 2.44. The zero-order valence-electron chi connectivity index (χ0n) is 9.01. The van der Waals surface area contributed by atoms with Gasteiger partial charge in [-0.1, -0.05) is 17.7 Å².